The average Bonchev–Trinajstić information content (AvgIpc) is 3.36. The Morgan fingerprint density at radius 1 is 1.00 bits per heavy atom. The Morgan fingerprint density at radius 3 is 2.52 bits per heavy atom. The highest BCUT2D eigenvalue weighted by molar-refractivity contribution is 5.94. The topological polar surface area (TPSA) is 84.6 Å². The predicted octanol–water partition coefficient (Wildman–Crippen LogP) is 7.99. The maximum atomic E-state index is 16.1. The standard InChI is InChI=1S/C40H47FN2O3/c1-40-25-35(41)38-33-18-17-32(44)24-31(33)23-30(37(38)34(40)19-20-36(40)45)12-6-3-7-21-43(22-8-11-27-9-4-2-5-10-27)39(46)29-15-13-28(26-42)14-16-29/h2,4-5,9-10,13-18,24,30,34-38,44-45H,3,6-8,11-12,19-23,25H2,1H3/t30-,34?,35+,36+,37?,38?,40+/m1/s1. The Balaban J connectivity index is 1.11. The molecule has 0 saturated heterocycles. The van der Waals surface area contributed by atoms with Crippen LogP contribution in [-0.4, -0.2) is 46.4 Å². The molecule has 0 aliphatic heterocycles. The number of carbonyl (C=O) groups is 1. The van der Waals surface area contributed by atoms with E-state index in [-0.39, 0.29) is 28.9 Å². The Kier molecular flexibility index (Phi) is 9.80. The molecule has 6 rings (SSSR count). The number of hydrogen-bond donors (Lipinski definition) is 2. The Labute approximate surface area is 273 Å². The number of nitriles is 1. The molecule has 5 nitrogen and oxygen atoms in total. The van der Waals surface area contributed by atoms with E-state index in [1.165, 1.54) is 5.56 Å². The van der Waals surface area contributed by atoms with Crippen LogP contribution in [0.5, 0.6) is 5.75 Å². The van der Waals surface area contributed by atoms with Crippen LogP contribution < -0.4 is 0 Å². The van der Waals surface area contributed by atoms with Gasteiger partial charge in [-0.3, -0.25) is 4.79 Å². The molecule has 3 unspecified atom stereocenters. The summed E-state index contributed by atoms with van der Waals surface area (Å²) in [6.45, 7) is 3.44. The number of phenolic OH excluding ortho intramolecular Hbond substituents is 1. The number of amides is 1. The van der Waals surface area contributed by atoms with Gasteiger partial charge in [-0.1, -0.05) is 56.2 Å². The summed E-state index contributed by atoms with van der Waals surface area (Å²) in [6.07, 6.45) is 7.11. The van der Waals surface area contributed by atoms with Crippen molar-refractivity contribution in [1.29, 1.82) is 5.26 Å². The molecule has 46 heavy (non-hydrogen) atoms. The van der Waals surface area contributed by atoms with Crippen molar-refractivity contribution >= 4 is 5.91 Å². The molecule has 6 heteroatoms. The number of benzene rings is 3. The van der Waals surface area contributed by atoms with E-state index in [0.29, 0.717) is 42.5 Å². The van der Waals surface area contributed by atoms with Crippen molar-refractivity contribution in [2.24, 2.45) is 23.2 Å². The highest BCUT2D eigenvalue weighted by atomic mass is 19.1. The normalized spacial score (nSPS) is 28.0. The van der Waals surface area contributed by atoms with Gasteiger partial charge in [0.1, 0.15) is 11.9 Å². The van der Waals surface area contributed by atoms with Crippen molar-refractivity contribution < 1.29 is 19.4 Å². The van der Waals surface area contributed by atoms with Gasteiger partial charge >= 0.3 is 0 Å². The number of alkyl halides is 1. The zero-order valence-electron chi connectivity index (χ0n) is 27.0. The first-order valence-electron chi connectivity index (χ1n) is 17.3. The second kappa shape index (κ2) is 14.0. The van der Waals surface area contributed by atoms with Crippen LogP contribution >= 0.6 is 0 Å². The molecule has 0 radical (unpaired) electrons. The van der Waals surface area contributed by atoms with Gasteiger partial charge in [0.25, 0.3) is 5.91 Å². The predicted molar refractivity (Wildman–Crippen MR) is 178 cm³/mol. The molecular formula is C40H47FN2O3. The molecule has 2 saturated carbocycles. The number of halogens is 1. The maximum absolute atomic E-state index is 16.1. The Morgan fingerprint density at radius 2 is 1.76 bits per heavy atom. The highest BCUT2D eigenvalue weighted by Gasteiger charge is 2.59. The second-order valence-electron chi connectivity index (χ2n) is 14.3. The van der Waals surface area contributed by atoms with Crippen LogP contribution in [0.4, 0.5) is 4.39 Å². The van der Waals surface area contributed by atoms with Crippen LogP contribution in [0.15, 0.2) is 72.8 Å². The van der Waals surface area contributed by atoms with Gasteiger partial charge in [0.05, 0.1) is 17.7 Å². The molecule has 2 N–H and O–H groups in total. The lowest BCUT2D eigenvalue weighted by Crippen LogP contribution is -2.51. The fourth-order valence-electron chi connectivity index (χ4n) is 9.22. The van der Waals surface area contributed by atoms with Crippen molar-refractivity contribution in [1.82, 2.24) is 4.90 Å². The molecule has 3 aromatic rings. The fourth-order valence-corrected chi connectivity index (χ4v) is 9.22. The van der Waals surface area contributed by atoms with Crippen molar-refractivity contribution in [3.8, 4) is 11.8 Å². The third-order valence-corrected chi connectivity index (χ3v) is 11.6. The number of phenols is 1. The first-order chi connectivity index (χ1) is 22.3. The molecule has 2 fully saturated rings. The van der Waals surface area contributed by atoms with E-state index in [1.807, 2.05) is 35.2 Å². The van der Waals surface area contributed by atoms with Gasteiger partial charge in [0.15, 0.2) is 0 Å². The lowest BCUT2D eigenvalue weighted by atomic mass is 9.51. The number of carbonyl (C=O) groups excluding carboxylic acids is 1. The van der Waals surface area contributed by atoms with E-state index in [4.69, 9.17) is 0 Å². The fraction of sp³-hybridized carbons (Fsp3) is 0.500. The number of unbranched alkanes of at least 4 members (excludes halogenated alkanes) is 2. The van der Waals surface area contributed by atoms with Gasteiger partial charge < -0.3 is 15.1 Å². The number of rotatable bonds is 11. The SMILES string of the molecule is C[C@]12C[C@H](F)C3c4ccc(O)cc4C[C@@H](CCCCCN(CCCc4ccccc4)C(=O)c4ccc(C#N)cc4)C3C1CC[C@@H]2O. The van der Waals surface area contributed by atoms with Crippen molar-refractivity contribution in [2.45, 2.75) is 89.3 Å². The van der Waals surface area contributed by atoms with Gasteiger partial charge in [-0.05, 0) is 128 Å². The maximum Gasteiger partial charge on any atom is 0.253 e. The molecule has 3 aliphatic rings. The number of aryl methyl sites for hydroxylation is 1. The van der Waals surface area contributed by atoms with E-state index < -0.39 is 12.3 Å². The summed E-state index contributed by atoms with van der Waals surface area (Å²) in [5.74, 6) is 0.853. The Bertz CT molecular complexity index is 1540. The van der Waals surface area contributed by atoms with E-state index in [2.05, 4.69) is 25.1 Å². The van der Waals surface area contributed by atoms with Gasteiger partial charge in [-0.15, -0.1) is 0 Å². The Hall–Kier alpha value is -3.69. The van der Waals surface area contributed by atoms with Crippen LogP contribution in [0.3, 0.4) is 0 Å². The number of fused-ring (bicyclic) bond motifs is 5. The van der Waals surface area contributed by atoms with Crippen LogP contribution in [-0.2, 0) is 12.8 Å². The number of nitrogens with zero attached hydrogens (tertiary/aromatic N) is 2. The van der Waals surface area contributed by atoms with Crippen molar-refractivity contribution in [3.63, 3.8) is 0 Å². The van der Waals surface area contributed by atoms with Crippen LogP contribution in [0, 0.1) is 34.5 Å². The van der Waals surface area contributed by atoms with Crippen LogP contribution in [0.1, 0.15) is 96.8 Å². The van der Waals surface area contributed by atoms with Gasteiger partial charge in [-0.2, -0.15) is 5.26 Å². The highest BCUT2D eigenvalue weighted by Crippen LogP contribution is 2.63. The minimum Gasteiger partial charge on any atom is -0.508 e. The minimum absolute atomic E-state index is 0.000594. The molecule has 0 bridgehead atoms. The second-order valence-corrected chi connectivity index (χ2v) is 14.3. The number of aliphatic hydroxyl groups excluding tert-OH is 1. The quantitative estimate of drug-likeness (QED) is 0.212. The first-order valence-corrected chi connectivity index (χ1v) is 17.3. The van der Waals surface area contributed by atoms with Crippen LogP contribution in [0.2, 0.25) is 0 Å². The lowest BCUT2D eigenvalue weighted by molar-refractivity contribution is -0.0722. The van der Waals surface area contributed by atoms with Gasteiger partial charge in [0, 0.05) is 24.6 Å². The molecule has 0 aromatic heterocycles. The zero-order chi connectivity index (χ0) is 32.3. The lowest BCUT2D eigenvalue weighted by Gasteiger charge is -2.54. The average molecular weight is 623 g/mol. The molecule has 3 aliphatic carbocycles. The number of aliphatic hydroxyl groups is 1. The van der Waals surface area contributed by atoms with E-state index >= 15 is 4.39 Å². The zero-order valence-corrected chi connectivity index (χ0v) is 27.0. The third kappa shape index (κ3) is 6.58. The molecule has 0 spiro atoms. The molecule has 3 aromatic carbocycles. The van der Waals surface area contributed by atoms with Crippen molar-refractivity contribution in [2.75, 3.05) is 13.1 Å². The summed E-state index contributed by atoms with van der Waals surface area (Å²) in [7, 11) is 0. The van der Waals surface area contributed by atoms with Gasteiger partial charge in [-0.25, -0.2) is 4.39 Å². The summed E-state index contributed by atoms with van der Waals surface area (Å²) in [5.41, 5.74) is 4.17. The molecule has 1 amide bonds. The number of aromatic hydroxyl groups is 1. The van der Waals surface area contributed by atoms with E-state index in [0.717, 1.165) is 68.9 Å². The minimum atomic E-state index is -0.997. The molecule has 0 heterocycles. The first kappa shape index (κ1) is 32.3. The van der Waals surface area contributed by atoms with Gasteiger partial charge in [0.2, 0.25) is 0 Å². The van der Waals surface area contributed by atoms with E-state index in [9.17, 15) is 20.3 Å². The molecule has 7 atom stereocenters. The monoisotopic (exact) mass is 622 g/mol. The summed E-state index contributed by atoms with van der Waals surface area (Å²) >= 11 is 0. The number of hydrogen-bond acceptors (Lipinski definition) is 4. The smallest absolute Gasteiger partial charge is 0.253 e. The summed E-state index contributed by atoms with van der Waals surface area (Å²) in [4.78, 5) is 15.5. The largest absolute Gasteiger partial charge is 0.508 e. The van der Waals surface area contributed by atoms with Crippen molar-refractivity contribution in [3.05, 3.63) is 101 Å². The van der Waals surface area contributed by atoms with E-state index in [1.54, 1.807) is 30.3 Å². The van der Waals surface area contributed by atoms with Crippen LogP contribution in [0.25, 0.3) is 0 Å². The molecular weight excluding hydrogens is 575 g/mol. The summed E-state index contributed by atoms with van der Waals surface area (Å²) in [6, 6.07) is 24.8. The third-order valence-electron chi connectivity index (χ3n) is 11.6. The molecule has 242 valence electrons. The summed E-state index contributed by atoms with van der Waals surface area (Å²) < 4.78 is 16.1. The summed E-state index contributed by atoms with van der Waals surface area (Å²) in [5, 5.41) is 30.4.